The van der Waals surface area contributed by atoms with E-state index in [-0.39, 0.29) is 18.0 Å². The van der Waals surface area contributed by atoms with Crippen LogP contribution in [0.1, 0.15) is 48.8 Å². The Bertz CT molecular complexity index is 888. The SMILES string of the molecule is CC(C)n1ncc2cc(C(=O)N[C@H](C)c3ccccc3Cl)cnc21. The van der Waals surface area contributed by atoms with Gasteiger partial charge in [0.15, 0.2) is 5.65 Å². The monoisotopic (exact) mass is 342 g/mol. The van der Waals surface area contributed by atoms with Crippen LogP contribution in [-0.2, 0) is 0 Å². The second-order valence-electron chi connectivity index (χ2n) is 6.04. The van der Waals surface area contributed by atoms with Crippen molar-refractivity contribution in [3.63, 3.8) is 0 Å². The van der Waals surface area contributed by atoms with E-state index in [1.54, 1.807) is 12.4 Å². The van der Waals surface area contributed by atoms with Crippen molar-refractivity contribution in [1.82, 2.24) is 20.1 Å². The van der Waals surface area contributed by atoms with Gasteiger partial charge in [0, 0.05) is 22.6 Å². The zero-order valence-electron chi connectivity index (χ0n) is 13.8. The first kappa shape index (κ1) is 16.5. The van der Waals surface area contributed by atoms with E-state index >= 15 is 0 Å². The molecule has 5 nitrogen and oxygen atoms in total. The van der Waals surface area contributed by atoms with E-state index in [4.69, 9.17) is 11.6 Å². The number of fused-ring (bicyclic) bond motifs is 1. The molecular formula is C18H19ClN4O. The molecule has 1 N–H and O–H groups in total. The lowest BCUT2D eigenvalue weighted by molar-refractivity contribution is 0.0939. The molecule has 1 atom stereocenters. The van der Waals surface area contributed by atoms with Gasteiger partial charge in [-0.25, -0.2) is 9.67 Å². The molecule has 0 radical (unpaired) electrons. The molecule has 0 saturated carbocycles. The van der Waals surface area contributed by atoms with E-state index in [0.717, 1.165) is 16.6 Å². The number of aromatic nitrogens is 3. The van der Waals surface area contributed by atoms with Gasteiger partial charge in [-0.2, -0.15) is 5.10 Å². The average molecular weight is 343 g/mol. The van der Waals surface area contributed by atoms with Crippen LogP contribution in [0.2, 0.25) is 5.02 Å². The maximum absolute atomic E-state index is 12.5. The van der Waals surface area contributed by atoms with E-state index in [9.17, 15) is 4.79 Å². The number of benzene rings is 1. The van der Waals surface area contributed by atoms with Gasteiger partial charge in [0.25, 0.3) is 5.91 Å². The molecular weight excluding hydrogens is 324 g/mol. The van der Waals surface area contributed by atoms with E-state index in [0.29, 0.717) is 10.6 Å². The van der Waals surface area contributed by atoms with E-state index in [1.807, 2.05) is 55.8 Å². The number of pyridine rings is 1. The van der Waals surface area contributed by atoms with Gasteiger partial charge in [0.2, 0.25) is 0 Å². The second kappa shape index (κ2) is 6.61. The molecule has 0 fully saturated rings. The molecule has 24 heavy (non-hydrogen) atoms. The summed E-state index contributed by atoms with van der Waals surface area (Å²) in [6.07, 6.45) is 3.31. The van der Waals surface area contributed by atoms with E-state index in [1.165, 1.54) is 0 Å². The maximum atomic E-state index is 12.5. The van der Waals surface area contributed by atoms with Crippen LogP contribution in [0.15, 0.2) is 42.7 Å². The Hall–Kier alpha value is -2.40. The highest BCUT2D eigenvalue weighted by atomic mass is 35.5. The number of nitrogens with one attached hydrogen (secondary N) is 1. The number of halogens is 1. The predicted molar refractivity (Wildman–Crippen MR) is 95.2 cm³/mol. The van der Waals surface area contributed by atoms with Crippen molar-refractivity contribution < 1.29 is 4.79 Å². The molecule has 0 bridgehead atoms. The summed E-state index contributed by atoms with van der Waals surface area (Å²) in [6, 6.07) is 9.32. The first-order valence-corrected chi connectivity index (χ1v) is 8.23. The average Bonchev–Trinajstić information content (AvgIpc) is 2.98. The molecule has 2 aromatic heterocycles. The first-order chi connectivity index (χ1) is 11.5. The zero-order valence-corrected chi connectivity index (χ0v) is 14.6. The topological polar surface area (TPSA) is 59.8 Å². The Morgan fingerprint density at radius 1 is 1.21 bits per heavy atom. The molecule has 6 heteroatoms. The largest absolute Gasteiger partial charge is 0.345 e. The van der Waals surface area contributed by atoms with Gasteiger partial charge in [-0.1, -0.05) is 29.8 Å². The van der Waals surface area contributed by atoms with Gasteiger partial charge in [0.1, 0.15) is 0 Å². The fourth-order valence-electron chi connectivity index (χ4n) is 2.63. The van der Waals surface area contributed by atoms with Crippen molar-refractivity contribution in [3.05, 3.63) is 58.9 Å². The summed E-state index contributed by atoms with van der Waals surface area (Å²) >= 11 is 6.18. The van der Waals surface area contributed by atoms with Crippen molar-refractivity contribution in [1.29, 1.82) is 0 Å². The Morgan fingerprint density at radius 2 is 1.96 bits per heavy atom. The maximum Gasteiger partial charge on any atom is 0.253 e. The number of hydrogen-bond donors (Lipinski definition) is 1. The third kappa shape index (κ3) is 3.12. The summed E-state index contributed by atoms with van der Waals surface area (Å²) in [7, 11) is 0. The van der Waals surface area contributed by atoms with Crippen LogP contribution in [0.4, 0.5) is 0 Å². The Labute approximate surface area is 145 Å². The molecule has 0 aliphatic carbocycles. The molecule has 0 unspecified atom stereocenters. The lowest BCUT2D eigenvalue weighted by Gasteiger charge is -2.15. The van der Waals surface area contributed by atoms with Crippen LogP contribution in [0.5, 0.6) is 0 Å². The summed E-state index contributed by atoms with van der Waals surface area (Å²) in [5.74, 6) is -0.186. The van der Waals surface area contributed by atoms with Gasteiger partial charge in [-0.15, -0.1) is 0 Å². The van der Waals surface area contributed by atoms with E-state index in [2.05, 4.69) is 15.4 Å². The number of amides is 1. The van der Waals surface area contributed by atoms with Crippen LogP contribution < -0.4 is 5.32 Å². The van der Waals surface area contributed by atoms with Crippen LogP contribution in [-0.4, -0.2) is 20.7 Å². The number of nitrogens with zero attached hydrogens (tertiary/aromatic N) is 3. The van der Waals surface area contributed by atoms with E-state index < -0.39 is 0 Å². The minimum Gasteiger partial charge on any atom is -0.345 e. The van der Waals surface area contributed by atoms with Gasteiger partial charge < -0.3 is 5.32 Å². The van der Waals surface area contributed by atoms with Gasteiger partial charge in [-0.05, 0) is 38.5 Å². The highest BCUT2D eigenvalue weighted by Gasteiger charge is 2.15. The Kier molecular flexibility index (Phi) is 4.53. The summed E-state index contributed by atoms with van der Waals surface area (Å²) in [6.45, 7) is 5.99. The highest BCUT2D eigenvalue weighted by molar-refractivity contribution is 6.31. The minimum absolute atomic E-state index is 0.186. The van der Waals surface area contributed by atoms with Gasteiger partial charge in [-0.3, -0.25) is 4.79 Å². The molecule has 0 saturated heterocycles. The standard InChI is InChI=1S/C18H19ClN4O/c1-11(2)23-17-13(10-21-23)8-14(9-20-17)18(24)22-12(3)15-6-4-5-7-16(15)19/h4-12H,1-3H3,(H,22,24)/t12-/m1/s1. The summed E-state index contributed by atoms with van der Waals surface area (Å²) < 4.78 is 1.84. The zero-order chi connectivity index (χ0) is 17.3. The molecule has 2 heterocycles. The minimum atomic E-state index is -0.194. The molecule has 3 rings (SSSR count). The fourth-order valence-corrected chi connectivity index (χ4v) is 2.93. The number of rotatable bonds is 4. The predicted octanol–water partition coefficient (Wildman–Crippen LogP) is 4.16. The third-order valence-corrected chi connectivity index (χ3v) is 4.25. The molecule has 3 aromatic rings. The van der Waals surface area contributed by atoms with Crippen LogP contribution in [0, 0.1) is 0 Å². The van der Waals surface area contributed by atoms with Crippen molar-refractivity contribution in [3.8, 4) is 0 Å². The molecule has 124 valence electrons. The van der Waals surface area contributed by atoms with Crippen LogP contribution >= 0.6 is 11.6 Å². The molecule has 0 aliphatic heterocycles. The van der Waals surface area contributed by atoms with Crippen LogP contribution in [0.3, 0.4) is 0 Å². The second-order valence-corrected chi connectivity index (χ2v) is 6.44. The Balaban J connectivity index is 1.82. The molecule has 0 spiro atoms. The number of carbonyl (C=O) groups is 1. The van der Waals surface area contributed by atoms with Crippen molar-refractivity contribution in [2.75, 3.05) is 0 Å². The Morgan fingerprint density at radius 3 is 2.67 bits per heavy atom. The molecule has 0 aliphatic rings. The van der Waals surface area contributed by atoms with Crippen molar-refractivity contribution in [2.24, 2.45) is 0 Å². The fraction of sp³-hybridized carbons (Fsp3) is 0.278. The van der Waals surface area contributed by atoms with Crippen molar-refractivity contribution >= 4 is 28.5 Å². The van der Waals surface area contributed by atoms with Gasteiger partial charge >= 0.3 is 0 Å². The summed E-state index contributed by atoms with van der Waals surface area (Å²) in [5.41, 5.74) is 2.17. The molecule has 1 amide bonds. The van der Waals surface area contributed by atoms with Crippen molar-refractivity contribution in [2.45, 2.75) is 32.9 Å². The lowest BCUT2D eigenvalue weighted by Crippen LogP contribution is -2.26. The summed E-state index contributed by atoms with van der Waals surface area (Å²) in [4.78, 5) is 16.9. The normalized spacial score (nSPS) is 12.5. The number of hydrogen-bond acceptors (Lipinski definition) is 3. The smallest absolute Gasteiger partial charge is 0.253 e. The summed E-state index contributed by atoms with van der Waals surface area (Å²) in [5, 5.41) is 8.76. The lowest BCUT2D eigenvalue weighted by atomic mass is 10.1. The quantitative estimate of drug-likeness (QED) is 0.774. The highest BCUT2D eigenvalue weighted by Crippen LogP contribution is 2.23. The van der Waals surface area contributed by atoms with Gasteiger partial charge in [0.05, 0.1) is 17.8 Å². The number of carbonyl (C=O) groups excluding carboxylic acids is 1. The third-order valence-electron chi connectivity index (χ3n) is 3.90. The molecule has 1 aromatic carbocycles. The van der Waals surface area contributed by atoms with Crippen LogP contribution in [0.25, 0.3) is 11.0 Å². The first-order valence-electron chi connectivity index (χ1n) is 7.86.